The van der Waals surface area contributed by atoms with Crippen LogP contribution in [0.1, 0.15) is 19.3 Å². The van der Waals surface area contributed by atoms with E-state index < -0.39 is 10.0 Å². The molecule has 2 N–H and O–H groups in total. The first-order valence-corrected chi connectivity index (χ1v) is 9.33. The number of methoxy groups -OCH3 is 1. The van der Waals surface area contributed by atoms with E-state index in [9.17, 15) is 8.42 Å². The van der Waals surface area contributed by atoms with Crippen LogP contribution in [-0.2, 0) is 10.0 Å². The number of sulfonamides is 1. The summed E-state index contributed by atoms with van der Waals surface area (Å²) in [7, 11) is -2.22. The summed E-state index contributed by atoms with van der Waals surface area (Å²) in [5, 5.41) is 0.336. The maximum atomic E-state index is 12.8. The molecule has 0 spiro atoms. The van der Waals surface area contributed by atoms with Crippen LogP contribution in [-0.4, -0.2) is 39.5 Å². The Balaban J connectivity index is 2.32. The van der Waals surface area contributed by atoms with E-state index in [2.05, 4.69) is 0 Å². The Morgan fingerprint density at radius 2 is 2.09 bits per heavy atom. The molecule has 1 heterocycles. The Kier molecular flexibility index (Phi) is 5.96. The van der Waals surface area contributed by atoms with Crippen LogP contribution in [0.5, 0.6) is 5.75 Å². The van der Waals surface area contributed by atoms with Crippen LogP contribution in [0.3, 0.4) is 0 Å². The summed E-state index contributed by atoms with van der Waals surface area (Å²) in [6.07, 6.45) is 2.65. The van der Waals surface area contributed by atoms with E-state index in [1.54, 1.807) is 0 Å². The predicted octanol–water partition coefficient (Wildman–Crippen LogP) is 2.75. The molecule has 5 nitrogen and oxygen atoms in total. The molecule has 1 aliphatic heterocycles. The quantitative estimate of drug-likeness (QED) is 0.869. The van der Waals surface area contributed by atoms with Crippen molar-refractivity contribution in [3.05, 3.63) is 22.2 Å². The van der Waals surface area contributed by atoms with Crippen molar-refractivity contribution < 1.29 is 13.2 Å². The average Bonchev–Trinajstić information content (AvgIpc) is 2.49. The van der Waals surface area contributed by atoms with Gasteiger partial charge >= 0.3 is 0 Å². The fourth-order valence-electron chi connectivity index (χ4n) is 2.72. The summed E-state index contributed by atoms with van der Waals surface area (Å²) < 4.78 is 32.2. The molecule has 22 heavy (non-hydrogen) atoms. The van der Waals surface area contributed by atoms with Gasteiger partial charge in [0.1, 0.15) is 10.6 Å². The maximum absolute atomic E-state index is 12.8. The van der Waals surface area contributed by atoms with Gasteiger partial charge in [0.25, 0.3) is 0 Å². The highest BCUT2D eigenvalue weighted by molar-refractivity contribution is 7.89. The van der Waals surface area contributed by atoms with Crippen molar-refractivity contribution in [2.75, 3.05) is 26.7 Å². The molecule has 0 aromatic heterocycles. The molecular weight excluding hydrogens is 347 g/mol. The zero-order valence-corrected chi connectivity index (χ0v) is 14.7. The third-order valence-electron chi connectivity index (χ3n) is 3.88. The summed E-state index contributed by atoms with van der Waals surface area (Å²) in [4.78, 5) is 0.0216. The van der Waals surface area contributed by atoms with E-state index in [-0.39, 0.29) is 14.9 Å². The number of ether oxygens (including phenoxy) is 1. The van der Waals surface area contributed by atoms with Gasteiger partial charge in [-0.2, -0.15) is 4.31 Å². The number of hydrogen-bond acceptors (Lipinski definition) is 4. The van der Waals surface area contributed by atoms with Gasteiger partial charge in [-0.25, -0.2) is 8.42 Å². The second-order valence-corrected chi connectivity index (χ2v) is 8.09. The molecule has 1 aliphatic rings. The second-order valence-electron chi connectivity index (χ2n) is 5.37. The minimum atomic E-state index is -3.67. The van der Waals surface area contributed by atoms with Crippen LogP contribution in [0.15, 0.2) is 17.0 Å². The Labute approximate surface area is 141 Å². The largest absolute Gasteiger partial charge is 0.495 e. The van der Waals surface area contributed by atoms with Crippen LogP contribution < -0.4 is 10.5 Å². The highest BCUT2D eigenvalue weighted by atomic mass is 35.5. The van der Waals surface area contributed by atoms with Crippen molar-refractivity contribution in [3.63, 3.8) is 0 Å². The number of hydrogen-bond donors (Lipinski definition) is 1. The number of nitrogens with zero attached hydrogens (tertiary/aromatic N) is 1. The van der Waals surface area contributed by atoms with Crippen molar-refractivity contribution in [2.24, 2.45) is 11.7 Å². The van der Waals surface area contributed by atoms with Crippen molar-refractivity contribution in [1.82, 2.24) is 4.31 Å². The molecule has 8 heteroatoms. The Bertz CT molecular complexity index is 635. The number of nitrogens with two attached hydrogens (primary N) is 1. The van der Waals surface area contributed by atoms with Gasteiger partial charge in [-0.3, -0.25) is 0 Å². The lowest BCUT2D eigenvalue weighted by molar-refractivity contribution is 0.258. The van der Waals surface area contributed by atoms with Gasteiger partial charge in [0, 0.05) is 19.2 Å². The van der Waals surface area contributed by atoms with Crippen LogP contribution in [0.4, 0.5) is 0 Å². The molecule has 1 unspecified atom stereocenters. The fraction of sp³-hybridized carbons (Fsp3) is 0.571. The normalized spacial score (nSPS) is 20.1. The standard InChI is InChI=1S/C14H20Cl2N2O3S/c1-21-13-7-12(16)14(8-11(13)15)22(19,20)18-6-2-3-10(9-18)4-5-17/h7-8,10H,2-6,9,17H2,1H3. The molecule has 124 valence electrons. The molecule has 1 atom stereocenters. The SMILES string of the molecule is COc1cc(Cl)c(S(=O)(=O)N2CCCC(CCN)C2)cc1Cl. The lowest BCUT2D eigenvalue weighted by atomic mass is 9.96. The summed E-state index contributed by atoms with van der Waals surface area (Å²) >= 11 is 12.2. The van der Waals surface area contributed by atoms with E-state index in [1.165, 1.54) is 23.5 Å². The first kappa shape index (κ1) is 17.8. The maximum Gasteiger partial charge on any atom is 0.244 e. The summed E-state index contributed by atoms with van der Waals surface area (Å²) in [5.41, 5.74) is 5.58. The van der Waals surface area contributed by atoms with Crippen molar-refractivity contribution in [2.45, 2.75) is 24.2 Å². The molecule has 1 fully saturated rings. The molecule has 2 rings (SSSR count). The zero-order chi connectivity index (χ0) is 16.3. The van der Waals surface area contributed by atoms with Crippen LogP contribution in [0.25, 0.3) is 0 Å². The van der Waals surface area contributed by atoms with Gasteiger partial charge in [0.05, 0.1) is 17.2 Å². The Hall–Kier alpha value is -0.530. The molecule has 0 bridgehead atoms. The zero-order valence-electron chi connectivity index (χ0n) is 12.4. The fourth-order valence-corrected chi connectivity index (χ4v) is 5.10. The van der Waals surface area contributed by atoms with Crippen LogP contribution >= 0.6 is 23.2 Å². The minimum absolute atomic E-state index is 0.0216. The molecule has 0 radical (unpaired) electrons. The second kappa shape index (κ2) is 7.36. The van der Waals surface area contributed by atoms with Gasteiger partial charge in [-0.1, -0.05) is 23.2 Å². The molecule has 1 saturated heterocycles. The Morgan fingerprint density at radius 1 is 1.36 bits per heavy atom. The van der Waals surface area contributed by atoms with Gasteiger partial charge in [0.15, 0.2) is 0 Å². The number of halogens is 2. The lowest BCUT2D eigenvalue weighted by Gasteiger charge is -2.32. The average molecular weight is 367 g/mol. The van der Waals surface area contributed by atoms with E-state index in [4.69, 9.17) is 33.7 Å². The van der Waals surface area contributed by atoms with E-state index in [0.717, 1.165) is 19.3 Å². The third kappa shape index (κ3) is 3.68. The summed E-state index contributed by atoms with van der Waals surface area (Å²) in [5.74, 6) is 0.645. The van der Waals surface area contributed by atoms with E-state index in [0.29, 0.717) is 31.3 Å². The highest BCUT2D eigenvalue weighted by Crippen LogP contribution is 2.35. The van der Waals surface area contributed by atoms with Crippen LogP contribution in [0.2, 0.25) is 10.0 Å². The first-order valence-electron chi connectivity index (χ1n) is 7.13. The number of piperidine rings is 1. The summed E-state index contributed by atoms with van der Waals surface area (Å²) in [6.45, 7) is 1.52. The van der Waals surface area contributed by atoms with Gasteiger partial charge < -0.3 is 10.5 Å². The minimum Gasteiger partial charge on any atom is -0.495 e. The monoisotopic (exact) mass is 366 g/mol. The van der Waals surface area contributed by atoms with Gasteiger partial charge in [-0.15, -0.1) is 0 Å². The van der Waals surface area contributed by atoms with Crippen molar-refractivity contribution >= 4 is 33.2 Å². The topological polar surface area (TPSA) is 72.6 Å². The van der Waals surface area contributed by atoms with E-state index in [1.807, 2.05) is 0 Å². The molecule has 0 saturated carbocycles. The molecule has 1 aromatic carbocycles. The number of benzene rings is 1. The Morgan fingerprint density at radius 3 is 2.73 bits per heavy atom. The molecule has 0 aliphatic carbocycles. The summed E-state index contributed by atoms with van der Waals surface area (Å²) in [6, 6.07) is 2.78. The molecule has 1 aromatic rings. The van der Waals surface area contributed by atoms with Gasteiger partial charge in [0.2, 0.25) is 10.0 Å². The van der Waals surface area contributed by atoms with E-state index >= 15 is 0 Å². The smallest absolute Gasteiger partial charge is 0.244 e. The predicted molar refractivity (Wildman–Crippen MR) is 88.2 cm³/mol. The lowest BCUT2D eigenvalue weighted by Crippen LogP contribution is -2.40. The van der Waals surface area contributed by atoms with Crippen LogP contribution in [0, 0.1) is 5.92 Å². The third-order valence-corrected chi connectivity index (χ3v) is 6.51. The van der Waals surface area contributed by atoms with Gasteiger partial charge in [-0.05, 0) is 37.8 Å². The van der Waals surface area contributed by atoms with Crippen molar-refractivity contribution in [1.29, 1.82) is 0 Å². The number of rotatable bonds is 5. The highest BCUT2D eigenvalue weighted by Gasteiger charge is 2.32. The molecular formula is C14H20Cl2N2O3S. The first-order chi connectivity index (χ1) is 10.4. The van der Waals surface area contributed by atoms with Crippen molar-refractivity contribution in [3.8, 4) is 5.75 Å². The molecule has 0 amide bonds.